The number of nitrogens with two attached hydrogens (primary N) is 2. The average Bonchev–Trinajstić information content (AvgIpc) is 2.78. The molecule has 0 saturated carbocycles. The lowest BCUT2D eigenvalue weighted by Crippen LogP contribution is -2.05. The second kappa shape index (κ2) is 9.13. The van der Waals surface area contributed by atoms with Gasteiger partial charge in [0.1, 0.15) is 5.82 Å². The lowest BCUT2D eigenvalue weighted by molar-refractivity contribution is 0.351. The fraction of sp³-hybridized carbons (Fsp3) is 0.217. The summed E-state index contributed by atoms with van der Waals surface area (Å²) in [7, 11) is 6.25. The largest absolute Gasteiger partial charge is 0.493 e. The predicted molar refractivity (Wildman–Crippen MR) is 120 cm³/mol. The molecule has 3 aromatic rings. The summed E-state index contributed by atoms with van der Waals surface area (Å²) in [5.41, 5.74) is 15.2. The highest BCUT2D eigenvalue weighted by Crippen LogP contribution is 2.47. The Labute approximate surface area is 181 Å². The van der Waals surface area contributed by atoms with E-state index in [1.165, 1.54) is 0 Å². The van der Waals surface area contributed by atoms with E-state index in [9.17, 15) is 0 Å². The molecule has 8 heteroatoms. The van der Waals surface area contributed by atoms with Crippen LogP contribution < -0.4 is 30.4 Å². The van der Waals surface area contributed by atoms with Gasteiger partial charge in [-0.1, -0.05) is 5.92 Å². The SMILES string of the molecule is C#Cc1ccc(OC)c(OC)c1-c1cc(Cc2cnc(N)nc2N)cc(OC)c1OC. The van der Waals surface area contributed by atoms with E-state index in [0.29, 0.717) is 51.9 Å². The van der Waals surface area contributed by atoms with Gasteiger partial charge in [0.05, 0.1) is 28.4 Å². The van der Waals surface area contributed by atoms with Gasteiger partial charge in [-0.2, -0.15) is 4.98 Å². The molecule has 3 rings (SSSR count). The van der Waals surface area contributed by atoms with E-state index in [1.54, 1.807) is 46.8 Å². The van der Waals surface area contributed by atoms with Crippen molar-refractivity contribution in [1.29, 1.82) is 0 Å². The zero-order chi connectivity index (χ0) is 22.5. The van der Waals surface area contributed by atoms with Crippen LogP contribution in [0.1, 0.15) is 16.7 Å². The highest BCUT2D eigenvalue weighted by atomic mass is 16.5. The molecule has 8 nitrogen and oxygen atoms in total. The molecule has 0 spiro atoms. The van der Waals surface area contributed by atoms with Gasteiger partial charge >= 0.3 is 0 Å². The highest BCUT2D eigenvalue weighted by molar-refractivity contribution is 5.85. The van der Waals surface area contributed by atoms with E-state index in [2.05, 4.69) is 15.9 Å². The van der Waals surface area contributed by atoms with Gasteiger partial charge in [0, 0.05) is 34.9 Å². The first-order valence-corrected chi connectivity index (χ1v) is 9.31. The number of methoxy groups -OCH3 is 4. The molecule has 0 amide bonds. The minimum atomic E-state index is 0.119. The number of anilines is 2. The third-order valence-corrected chi connectivity index (χ3v) is 4.82. The Morgan fingerprint density at radius 2 is 1.65 bits per heavy atom. The van der Waals surface area contributed by atoms with E-state index in [-0.39, 0.29) is 5.95 Å². The van der Waals surface area contributed by atoms with Crippen molar-refractivity contribution >= 4 is 11.8 Å². The summed E-state index contributed by atoms with van der Waals surface area (Å²) >= 11 is 0. The number of rotatable bonds is 7. The molecular formula is C23H24N4O4. The minimum Gasteiger partial charge on any atom is -0.493 e. The van der Waals surface area contributed by atoms with Crippen molar-refractivity contribution in [3.63, 3.8) is 0 Å². The van der Waals surface area contributed by atoms with Crippen molar-refractivity contribution in [2.24, 2.45) is 0 Å². The van der Waals surface area contributed by atoms with Crippen LogP contribution >= 0.6 is 0 Å². The van der Waals surface area contributed by atoms with E-state index < -0.39 is 0 Å². The van der Waals surface area contributed by atoms with Crippen molar-refractivity contribution in [1.82, 2.24) is 9.97 Å². The lowest BCUT2D eigenvalue weighted by atomic mass is 9.93. The average molecular weight is 420 g/mol. The summed E-state index contributed by atoms with van der Waals surface area (Å²) in [6.07, 6.45) is 7.84. The molecule has 0 fully saturated rings. The molecule has 0 aliphatic heterocycles. The number of hydrogen-bond donors (Lipinski definition) is 2. The van der Waals surface area contributed by atoms with Crippen LogP contribution in [0.25, 0.3) is 11.1 Å². The van der Waals surface area contributed by atoms with Crippen LogP contribution in [0, 0.1) is 12.3 Å². The highest BCUT2D eigenvalue weighted by Gasteiger charge is 2.23. The maximum absolute atomic E-state index is 6.02. The van der Waals surface area contributed by atoms with Crippen LogP contribution in [0.3, 0.4) is 0 Å². The Hall–Kier alpha value is -4.12. The second-order valence-electron chi connectivity index (χ2n) is 6.56. The Morgan fingerprint density at radius 3 is 2.23 bits per heavy atom. The summed E-state index contributed by atoms with van der Waals surface area (Å²) < 4.78 is 22.4. The van der Waals surface area contributed by atoms with E-state index in [4.69, 9.17) is 36.8 Å². The van der Waals surface area contributed by atoms with Crippen LogP contribution in [-0.4, -0.2) is 38.4 Å². The van der Waals surface area contributed by atoms with Crippen LogP contribution in [0.4, 0.5) is 11.8 Å². The van der Waals surface area contributed by atoms with E-state index in [1.807, 2.05) is 12.1 Å². The molecule has 0 radical (unpaired) electrons. The molecule has 1 heterocycles. The zero-order valence-corrected chi connectivity index (χ0v) is 17.9. The Morgan fingerprint density at radius 1 is 0.935 bits per heavy atom. The summed E-state index contributed by atoms with van der Waals surface area (Å²) in [6.45, 7) is 0. The molecular weight excluding hydrogens is 396 g/mol. The molecule has 0 unspecified atom stereocenters. The van der Waals surface area contributed by atoms with Crippen molar-refractivity contribution in [3.8, 4) is 46.5 Å². The molecule has 2 aromatic carbocycles. The lowest BCUT2D eigenvalue weighted by Gasteiger charge is -2.20. The van der Waals surface area contributed by atoms with Crippen molar-refractivity contribution in [2.75, 3.05) is 39.9 Å². The third kappa shape index (κ3) is 4.12. The van der Waals surface area contributed by atoms with Gasteiger partial charge in [-0.05, 0) is 29.8 Å². The first kappa shape index (κ1) is 21.6. The number of benzene rings is 2. The maximum atomic E-state index is 6.02. The van der Waals surface area contributed by atoms with Gasteiger partial charge in [0.2, 0.25) is 5.95 Å². The minimum absolute atomic E-state index is 0.119. The zero-order valence-electron chi connectivity index (χ0n) is 17.9. The number of nitrogen functional groups attached to an aromatic ring is 2. The Bertz CT molecular complexity index is 1160. The fourth-order valence-electron chi connectivity index (χ4n) is 3.41. The summed E-state index contributed by atoms with van der Waals surface area (Å²) in [4.78, 5) is 8.07. The van der Waals surface area contributed by atoms with Gasteiger partial charge in [-0.3, -0.25) is 0 Å². The monoisotopic (exact) mass is 420 g/mol. The molecule has 0 aliphatic rings. The Balaban J connectivity index is 2.28. The second-order valence-corrected chi connectivity index (χ2v) is 6.56. The van der Waals surface area contributed by atoms with Crippen molar-refractivity contribution < 1.29 is 18.9 Å². The van der Waals surface area contributed by atoms with Gasteiger partial charge in [0.25, 0.3) is 0 Å². The van der Waals surface area contributed by atoms with Gasteiger partial charge < -0.3 is 30.4 Å². The smallest absolute Gasteiger partial charge is 0.221 e. The number of nitrogens with zero attached hydrogens (tertiary/aromatic N) is 2. The number of hydrogen-bond acceptors (Lipinski definition) is 8. The molecule has 1 aromatic heterocycles. The number of ether oxygens (including phenoxy) is 4. The first-order chi connectivity index (χ1) is 15.0. The first-order valence-electron chi connectivity index (χ1n) is 9.31. The van der Waals surface area contributed by atoms with Crippen LogP contribution in [0.2, 0.25) is 0 Å². The number of terminal acetylenes is 1. The standard InChI is InChI=1S/C23H24N4O4/c1-6-14-7-8-17(28-2)21(31-5)19(14)16-10-13(11-18(29-3)20(16)30-4)9-15-12-26-23(25)27-22(15)24/h1,7-8,10-12H,9H2,2-5H3,(H4,24,25,26,27). The normalized spacial score (nSPS) is 10.3. The topological polar surface area (TPSA) is 115 Å². The van der Waals surface area contributed by atoms with E-state index in [0.717, 1.165) is 11.1 Å². The van der Waals surface area contributed by atoms with Gasteiger partial charge in [0.15, 0.2) is 23.0 Å². The molecule has 31 heavy (non-hydrogen) atoms. The van der Waals surface area contributed by atoms with Crippen molar-refractivity contribution in [2.45, 2.75) is 6.42 Å². The summed E-state index contributed by atoms with van der Waals surface area (Å²) in [5, 5.41) is 0. The van der Waals surface area contributed by atoms with Crippen molar-refractivity contribution in [3.05, 3.63) is 47.2 Å². The quantitative estimate of drug-likeness (QED) is 0.561. The summed E-state index contributed by atoms with van der Waals surface area (Å²) in [5.74, 6) is 5.21. The van der Waals surface area contributed by atoms with Gasteiger partial charge in [-0.15, -0.1) is 6.42 Å². The molecule has 0 aliphatic carbocycles. The van der Waals surface area contributed by atoms with Crippen LogP contribution in [-0.2, 0) is 6.42 Å². The van der Waals surface area contributed by atoms with E-state index >= 15 is 0 Å². The third-order valence-electron chi connectivity index (χ3n) is 4.82. The molecule has 160 valence electrons. The molecule has 0 saturated heterocycles. The fourth-order valence-corrected chi connectivity index (χ4v) is 3.41. The maximum Gasteiger partial charge on any atom is 0.221 e. The van der Waals surface area contributed by atoms with Gasteiger partial charge in [-0.25, -0.2) is 4.98 Å². The Kier molecular flexibility index (Phi) is 6.36. The van der Waals surface area contributed by atoms with Crippen LogP contribution in [0.15, 0.2) is 30.5 Å². The predicted octanol–water partition coefficient (Wildman–Crippen LogP) is 2.91. The molecule has 0 bridgehead atoms. The molecule has 4 N–H and O–H groups in total. The van der Waals surface area contributed by atoms with Crippen LogP contribution in [0.5, 0.6) is 23.0 Å². The molecule has 0 atom stereocenters. The number of aromatic nitrogens is 2. The summed E-state index contributed by atoms with van der Waals surface area (Å²) in [6, 6.07) is 7.36.